The van der Waals surface area contributed by atoms with Gasteiger partial charge in [-0.15, -0.1) is 0 Å². The zero-order valence-corrected chi connectivity index (χ0v) is 9.69. The monoisotopic (exact) mass is 258 g/mol. The third kappa shape index (κ3) is 2.18. The Morgan fingerprint density at radius 2 is 2.28 bits per heavy atom. The molecule has 0 saturated carbocycles. The molecule has 0 radical (unpaired) electrons. The van der Waals surface area contributed by atoms with E-state index in [4.69, 9.17) is 5.73 Å². The van der Waals surface area contributed by atoms with Gasteiger partial charge in [-0.3, -0.25) is 0 Å². The highest BCUT2D eigenvalue weighted by molar-refractivity contribution is 5.92. The summed E-state index contributed by atoms with van der Waals surface area (Å²) in [5.74, 6) is -0.475. The van der Waals surface area contributed by atoms with Gasteiger partial charge in [-0.1, -0.05) is 0 Å². The van der Waals surface area contributed by atoms with E-state index in [9.17, 15) is 13.6 Å². The zero-order valence-electron chi connectivity index (χ0n) is 9.69. The maximum Gasteiger partial charge on any atom is 0.360 e. The normalized spacial score (nSPS) is 13.9. The number of nitrogen functional groups attached to an aromatic ring is 1. The highest BCUT2D eigenvalue weighted by Crippen LogP contribution is 2.27. The first-order valence-electron chi connectivity index (χ1n) is 5.30. The van der Waals surface area contributed by atoms with Crippen LogP contribution in [0.1, 0.15) is 16.2 Å². The summed E-state index contributed by atoms with van der Waals surface area (Å²) in [6.07, 6.45) is -2.00. The molecule has 2 N–H and O–H groups in total. The van der Waals surface area contributed by atoms with E-state index in [0.29, 0.717) is 24.5 Å². The quantitative estimate of drug-likeness (QED) is 0.794. The van der Waals surface area contributed by atoms with Crippen LogP contribution in [0.15, 0.2) is 0 Å². The molecule has 2 heterocycles. The Morgan fingerprint density at radius 1 is 1.56 bits per heavy atom. The van der Waals surface area contributed by atoms with Gasteiger partial charge in [0.2, 0.25) is 0 Å². The second-order valence-corrected chi connectivity index (χ2v) is 3.81. The van der Waals surface area contributed by atoms with Crippen molar-refractivity contribution < 1.29 is 18.3 Å². The highest BCUT2D eigenvalue weighted by atomic mass is 19.3. The zero-order chi connectivity index (χ0) is 13.3. The Morgan fingerprint density at radius 3 is 2.89 bits per heavy atom. The Hall–Kier alpha value is -1.99. The van der Waals surface area contributed by atoms with Crippen molar-refractivity contribution in [3.05, 3.63) is 11.4 Å². The number of carbonyl (C=O) groups is 1. The SMILES string of the molecule is COC(=O)c1nc2c(nc1N)N(CC(F)F)CC2. The lowest BCUT2D eigenvalue weighted by atomic mass is 10.3. The summed E-state index contributed by atoms with van der Waals surface area (Å²) >= 11 is 0. The van der Waals surface area contributed by atoms with Crippen LogP contribution in [0.25, 0.3) is 0 Å². The van der Waals surface area contributed by atoms with Crippen LogP contribution in [0.5, 0.6) is 0 Å². The van der Waals surface area contributed by atoms with Gasteiger partial charge in [0, 0.05) is 13.0 Å². The molecule has 2 rings (SSSR count). The van der Waals surface area contributed by atoms with E-state index in [1.54, 1.807) is 0 Å². The largest absolute Gasteiger partial charge is 0.464 e. The number of methoxy groups -OCH3 is 1. The van der Waals surface area contributed by atoms with Gasteiger partial charge in [0.25, 0.3) is 6.43 Å². The smallest absolute Gasteiger partial charge is 0.360 e. The maximum atomic E-state index is 12.3. The molecule has 1 aliphatic rings. The molecule has 0 aliphatic carbocycles. The molecule has 0 fully saturated rings. The van der Waals surface area contributed by atoms with E-state index in [-0.39, 0.29) is 11.5 Å². The number of ether oxygens (including phenoxy) is 1. The van der Waals surface area contributed by atoms with E-state index >= 15 is 0 Å². The molecule has 0 spiro atoms. The van der Waals surface area contributed by atoms with Crippen LogP contribution in [-0.2, 0) is 11.2 Å². The summed E-state index contributed by atoms with van der Waals surface area (Å²) < 4.78 is 29.2. The van der Waals surface area contributed by atoms with E-state index in [1.165, 1.54) is 12.0 Å². The van der Waals surface area contributed by atoms with Crippen molar-refractivity contribution in [3.63, 3.8) is 0 Å². The lowest BCUT2D eigenvalue weighted by Gasteiger charge is -2.17. The third-order valence-electron chi connectivity index (χ3n) is 2.63. The number of halogens is 2. The number of nitrogens with zero attached hydrogens (tertiary/aromatic N) is 3. The predicted octanol–water partition coefficient (Wildman–Crippen LogP) is 0.473. The minimum atomic E-state index is -2.46. The fourth-order valence-corrected chi connectivity index (χ4v) is 1.83. The summed E-state index contributed by atoms with van der Waals surface area (Å²) in [4.78, 5) is 20.8. The number of nitrogens with two attached hydrogens (primary N) is 1. The van der Waals surface area contributed by atoms with Gasteiger partial charge in [-0.25, -0.2) is 23.5 Å². The molecule has 0 amide bonds. The molecule has 0 aromatic carbocycles. The average molecular weight is 258 g/mol. The molecule has 1 aromatic heterocycles. The topological polar surface area (TPSA) is 81.3 Å². The summed E-state index contributed by atoms with van der Waals surface area (Å²) in [6.45, 7) is -0.0254. The molecule has 1 aliphatic heterocycles. The second kappa shape index (κ2) is 4.71. The number of anilines is 2. The number of alkyl halides is 2. The van der Waals surface area contributed by atoms with E-state index in [1.807, 2.05) is 0 Å². The summed E-state index contributed by atoms with van der Waals surface area (Å²) in [7, 11) is 1.21. The minimum absolute atomic E-state index is 0.0739. The molecular weight excluding hydrogens is 246 g/mol. The number of aromatic nitrogens is 2. The first-order chi connectivity index (χ1) is 8.52. The molecule has 98 valence electrons. The summed E-state index contributed by atoms with van der Waals surface area (Å²) in [6, 6.07) is 0. The van der Waals surface area contributed by atoms with E-state index < -0.39 is 18.9 Å². The van der Waals surface area contributed by atoms with Crippen molar-refractivity contribution >= 4 is 17.6 Å². The van der Waals surface area contributed by atoms with E-state index in [0.717, 1.165) is 0 Å². The average Bonchev–Trinajstić information content (AvgIpc) is 2.69. The lowest BCUT2D eigenvalue weighted by molar-refractivity contribution is 0.0594. The summed E-state index contributed by atoms with van der Waals surface area (Å²) in [5.41, 5.74) is 5.99. The van der Waals surface area contributed by atoms with Crippen LogP contribution in [-0.4, -0.2) is 42.6 Å². The second-order valence-electron chi connectivity index (χ2n) is 3.81. The number of esters is 1. The Labute approximate surface area is 102 Å². The number of hydrogen-bond donors (Lipinski definition) is 1. The fraction of sp³-hybridized carbons (Fsp3) is 0.500. The van der Waals surface area contributed by atoms with Crippen LogP contribution in [0.3, 0.4) is 0 Å². The molecule has 18 heavy (non-hydrogen) atoms. The van der Waals surface area contributed by atoms with Crippen molar-refractivity contribution in [2.45, 2.75) is 12.8 Å². The van der Waals surface area contributed by atoms with Crippen molar-refractivity contribution in [2.24, 2.45) is 0 Å². The van der Waals surface area contributed by atoms with Crippen LogP contribution >= 0.6 is 0 Å². The molecule has 6 nitrogen and oxygen atoms in total. The lowest BCUT2D eigenvalue weighted by Crippen LogP contribution is -2.27. The van der Waals surface area contributed by atoms with Gasteiger partial charge in [-0.05, 0) is 0 Å². The van der Waals surface area contributed by atoms with Crippen molar-refractivity contribution in [3.8, 4) is 0 Å². The van der Waals surface area contributed by atoms with Crippen molar-refractivity contribution in [2.75, 3.05) is 30.8 Å². The maximum absolute atomic E-state index is 12.3. The molecule has 0 atom stereocenters. The Bertz CT molecular complexity index is 481. The molecule has 8 heteroatoms. The Balaban J connectivity index is 2.33. The summed E-state index contributed by atoms with van der Waals surface area (Å²) in [5, 5.41) is 0. The number of carbonyl (C=O) groups excluding carboxylic acids is 1. The molecule has 0 bridgehead atoms. The predicted molar refractivity (Wildman–Crippen MR) is 59.7 cm³/mol. The minimum Gasteiger partial charge on any atom is -0.464 e. The standard InChI is InChI=1S/C10H12F2N4O2/c1-18-10(17)7-8(13)15-9-5(14-7)2-3-16(9)4-6(11)12/h6H,2-4H2,1H3,(H2,13,15). The molecule has 0 unspecified atom stereocenters. The highest BCUT2D eigenvalue weighted by Gasteiger charge is 2.27. The van der Waals surface area contributed by atoms with Gasteiger partial charge in [0.1, 0.15) is 0 Å². The number of fused-ring (bicyclic) bond motifs is 1. The van der Waals surface area contributed by atoms with Gasteiger partial charge in [0.05, 0.1) is 19.3 Å². The van der Waals surface area contributed by atoms with Crippen molar-refractivity contribution in [1.82, 2.24) is 9.97 Å². The van der Waals surface area contributed by atoms with Crippen molar-refractivity contribution in [1.29, 1.82) is 0 Å². The number of hydrogen-bond acceptors (Lipinski definition) is 6. The van der Waals surface area contributed by atoms with Crippen LogP contribution in [0.4, 0.5) is 20.4 Å². The van der Waals surface area contributed by atoms with E-state index in [2.05, 4.69) is 14.7 Å². The first kappa shape index (κ1) is 12.5. The van der Waals surface area contributed by atoms with Crippen LogP contribution in [0.2, 0.25) is 0 Å². The third-order valence-corrected chi connectivity index (χ3v) is 2.63. The first-order valence-corrected chi connectivity index (χ1v) is 5.30. The van der Waals surface area contributed by atoms with Crippen LogP contribution in [0, 0.1) is 0 Å². The molecular formula is C10H12F2N4O2. The number of rotatable bonds is 3. The van der Waals surface area contributed by atoms with Crippen LogP contribution < -0.4 is 10.6 Å². The Kier molecular flexibility index (Phi) is 3.26. The van der Waals surface area contributed by atoms with Gasteiger partial charge >= 0.3 is 5.97 Å². The van der Waals surface area contributed by atoms with Gasteiger partial charge in [0.15, 0.2) is 17.3 Å². The van der Waals surface area contributed by atoms with Gasteiger partial charge in [-0.2, -0.15) is 0 Å². The fourth-order valence-electron chi connectivity index (χ4n) is 1.83. The van der Waals surface area contributed by atoms with Gasteiger partial charge < -0.3 is 15.4 Å². The molecule has 0 saturated heterocycles. The molecule has 1 aromatic rings.